The largest absolute Gasteiger partial charge is 0.508 e. The molecule has 1 heterocycles. The van der Waals surface area contributed by atoms with Gasteiger partial charge in [0.05, 0.1) is 0 Å². The normalized spacial score (nSPS) is 15.2. The Hall–Kier alpha value is -1.17. The second kappa shape index (κ2) is 14.0. The number of hydrogen-bond acceptors (Lipinski definition) is 4. The summed E-state index contributed by atoms with van der Waals surface area (Å²) in [4.78, 5) is 2.56. The van der Waals surface area contributed by atoms with Gasteiger partial charge in [0.2, 0.25) is 0 Å². The van der Waals surface area contributed by atoms with E-state index in [1.807, 2.05) is 0 Å². The van der Waals surface area contributed by atoms with E-state index in [1.165, 1.54) is 39.1 Å². The van der Waals surface area contributed by atoms with Gasteiger partial charge >= 0.3 is 0 Å². The molecule has 4 nitrogen and oxygen atoms in total. The maximum Gasteiger partial charge on any atom is 0.129 e. The fourth-order valence-electron chi connectivity index (χ4n) is 2.53. The second-order valence-electron chi connectivity index (χ2n) is 6.32. The summed E-state index contributed by atoms with van der Waals surface area (Å²) in [7, 11) is 1.78. The molecule has 0 aliphatic carbocycles. The van der Waals surface area contributed by atoms with E-state index in [4.69, 9.17) is 0 Å². The van der Waals surface area contributed by atoms with E-state index in [0.717, 1.165) is 17.5 Å². The average Bonchev–Trinajstić information content (AvgIpc) is 2.54. The first kappa shape index (κ1) is 26.1. The number of aryl methyl sites for hydroxylation is 1. The molecule has 1 fully saturated rings. The van der Waals surface area contributed by atoms with Gasteiger partial charge < -0.3 is 20.6 Å². The smallest absolute Gasteiger partial charge is 0.129 e. The van der Waals surface area contributed by atoms with E-state index in [2.05, 4.69) is 29.4 Å². The molecular formula is C20H40FN3O. The lowest BCUT2D eigenvalue weighted by Crippen LogP contribution is -2.44. The first-order valence-electron chi connectivity index (χ1n) is 8.53. The summed E-state index contributed by atoms with van der Waals surface area (Å²) in [5, 5.41) is 15.5. The summed E-state index contributed by atoms with van der Waals surface area (Å²) >= 11 is 0. The van der Waals surface area contributed by atoms with Crippen molar-refractivity contribution in [2.75, 3.05) is 39.8 Å². The Kier molecular flexibility index (Phi) is 14.6. The molecule has 0 aromatic heterocycles. The van der Waals surface area contributed by atoms with E-state index in [1.54, 1.807) is 20.0 Å². The molecule has 0 spiro atoms. The zero-order valence-corrected chi connectivity index (χ0v) is 15.0. The van der Waals surface area contributed by atoms with E-state index in [-0.39, 0.29) is 26.4 Å². The Labute approximate surface area is 154 Å². The van der Waals surface area contributed by atoms with Crippen LogP contribution in [0.4, 0.5) is 4.39 Å². The van der Waals surface area contributed by atoms with Crippen molar-refractivity contribution in [2.24, 2.45) is 5.92 Å². The second-order valence-corrected chi connectivity index (χ2v) is 6.32. The highest BCUT2D eigenvalue weighted by molar-refractivity contribution is 5.36. The lowest BCUT2D eigenvalue weighted by molar-refractivity contribution is 0.209. The maximum absolute atomic E-state index is 12.8. The Morgan fingerprint density at radius 3 is 2.40 bits per heavy atom. The number of hydrogen-bond donors (Lipinski definition) is 3. The van der Waals surface area contributed by atoms with Crippen LogP contribution in [0, 0.1) is 18.7 Å². The van der Waals surface area contributed by atoms with Crippen LogP contribution in [0.5, 0.6) is 5.75 Å². The molecule has 148 valence electrons. The number of nitrogens with zero attached hydrogens (tertiary/aromatic N) is 1. The molecule has 3 N–H and O–H groups in total. The molecule has 1 aromatic carbocycles. The van der Waals surface area contributed by atoms with Crippen LogP contribution in [0.25, 0.3) is 0 Å². The maximum atomic E-state index is 12.8. The molecule has 1 aromatic rings. The van der Waals surface area contributed by atoms with Gasteiger partial charge in [-0.1, -0.05) is 35.1 Å². The highest BCUT2D eigenvalue weighted by Gasteiger charge is 2.11. The van der Waals surface area contributed by atoms with Crippen molar-refractivity contribution >= 4 is 0 Å². The predicted molar refractivity (Wildman–Crippen MR) is 108 cm³/mol. The van der Waals surface area contributed by atoms with Crippen LogP contribution in [-0.4, -0.2) is 49.8 Å². The topological polar surface area (TPSA) is 47.5 Å². The van der Waals surface area contributed by atoms with Crippen molar-refractivity contribution < 1.29 is 9.50 Å². The van der Waals surface area contributed by atoms with E-state index in [9.17, 15) is 9.50 Å². The van der Waals surface area contributed by atoms with Gasteiger partial charge in [-0.15, -0.1) is 0 Å². The van der Waals surface area contributed by atoms with Crippen molar-refractivity contribution in [3.8, 4) is 5.75 Å². The summed E-state index contributed by atoms with van der Waals surface area (Å²) in [5.74, 6) is 0.507. The molecular weight excluding hydrogens is 317 g/mol. The minimum Gasteiger partial charge on any atom is -0.508 e. The number of rotatable bonds is 5. The molecule has 0 amide bonds. The Balaban J connectivity index is 0. The summed E-state index contributed by atoms with van der Waals surface area (Å²) in [6.45, 7) is 13.0. The third-order valence-electron chi connectivity index (χ3n) is 4.20. The number of phenols is 1. The van der Waals surface area contributed by atoms with Gasteiger partial charge in [-0.25, -0.2) is 4.39 Å². The Morgan fingerprint density at radius 1 is 1.28 bits per heavy atom. The minimum absolute atomic E-state index is 0. The van der Waals surface area contributed by atoms with Gasteiger partial charge in [0, 0.05) is 50.9 Å². The summed E-state index contributed by atoms with van der Waals surface area (Å²) in [6.07, 6.45) is 1.31. The fourth-order valence-corrected chi connectivity index (χ4v) is 2.53. The van der Waals surface area contributed by atoms with Crippen LogP contribution in [-0.2, 0) is 6.54 Å². The van der Waals surface area contributed by atoms with Crippen LogP contribution in [0.15, 0.2) is 12.1 Å². The molecule has 1 atom stereocenters. The number of benzene rings is 1. The van der Waals surface area contributed by atoms with Crippen molar-refractivity contribution in [3.63, 3.8) is 0 Å². The fraction of sp³-hybridized carbons (Fsp3) is 0.700. The van der Waals surface area contributed by atoms with Crippen LogP contribution >= 0.6 is 0 Å². The van der Waals surface area contributed by atoms with Crippen molar-refractivity contribution in [1.29, 1.82) is 0 Å². The molecule has 0 unspecified atom stereocenters. The predicted octanol–water partition coefficient (Wildman–Crippen LogP) is 3.77. The number of phenolic OH excluding ortho intramolecular Hbond substituents is 1. The van der Waals surface area contributed by atoms with Gasteiger partial charge in [0.25, 0.3) is 0 Å². The van der Waals surface area contributed by atoms with Crippen molar-refractivity contribution in [2.45, 2.75) is 48.6 Å². The van der Waals surface area contributed by atoms with Crippen molar-refractivity contribution in [1.82, 2.24) is 15.5 Å². The van der Waals surface area contributed by atoms with E-state index in [0.29, 0.717) is 12.1 Å². The van der Waals surface area contributed by atoms with Crippen LogP contribution in [0.1, 0.15) is 46.2 Å². The van der Waals surface area contributed by atoms with Gasteiger partial charge in [-0.05, 0) is 31.5 Å². The quantitative estimate of drug-likeness (QED) is 0.751. The SMILES string of the molecule is C.C.CC[C@H](C)CN1CCNCC1.CNCc1cc(C)c(F)cc1O. The molecule has 1 saturated heterocycles. The monoisotopic (exact) mass is 357 g/mol. The third kappa shape index (κ3) is 9.78. The highest BCUT2D eigenvalue weighted by atomic mass is 19.1. The van der Waals surface area contributed by atoms with Gasteiger partial charge in [0.1, 0.15) is 11.6 Å². The lowest BCUT2D eigenvalue weighted by Gasteiger charge is -2.29. The number of aromatic hydroxyl groups is 1. The number of halogens is 1. The highest BCUT2D eigenvalue weighted by Crippen LogP contribution is 2.20. The van der Waals surface area contributed by atoms with E-state index < -0.39 is 0 Å². The standard InChI is InChI=1S/C9H12FNO.C9H20N2.2CH4/c1-6-3-7(5-11-2)9(12)4-8(6)10;1-3-9(2)8-11-6-4-10-5-7-11;;/h3-4,11-12H,5H2,1-2H3;9-10H,3-8H2,1-2H3;2*1H4/t;9-;;/m.0../s1. The van der Waals surface area contributed by atoms with Gasteiger partial charge in [-0.2, -0.15) is 0 Å². The summed E-state index contributed by atoms with van der Waals surface area (Å²) in [6, 6.07) is 2.78. The molecule has 0 bridgehead atoms. The molecule has 25 heavy (non-hydrogen) atoms. The van der Waals surface area contributed by atoms with Crippen LogP contribution in [0.2, 0.25) is 0 Å². The zero-order valence-electron chi connectivity index (χ0n) is 15.0. The zero-order chi connectivity index (χ0) is 17.2. The first-order chi connectivity index (χ1) is 11.0. The van der Waals surface area contributed by atoms with Crippen molar-refractivity contribution in [3.05, 3.63) is 29.1 Å². The molecule has 1 aliphatic rings. The summed E-state index contributed by atoms with van der Waals surface area (Å²) in [5.41, 5.74) is 1.27. The summed E-state index contributed by atoms with van der Waals surface area (Å²) < 4.78 is 12.8. The lowest BCUT2D eigenvalue weighted by atomic mass is 10.1. The molecule has 5 heteroatoms. The molecule has 0 radical (unpaired) electrons. The van der Waals surface area contributed by atoms with Gasteiger partial charge in [0.15, 0.2) is 0 Å². The average molecular weight is 358 g/mol. The van der Waals surface area contributed by atoms with Crippen LogP contribution < -0.4 is 10.6 Å². The third-order valence-corrected chi connectivity index (χ3v) is 4.20. The first-order valence-corrected chi connectivity index (χ1v) is 8.53. The Bertz CT molecular complexity index is 462. The Morgan fingerprint density at radius 2 is 1.88 bits per heavy atom. The molecule has 0 saturated carbocycles. The van der Waals surface area contributed by atoms with E-state index >= 15 is 0 Å². The number of piperazine rings is 1. The van der Waals surface area contributed by atoms with Crippen LogP contribution in [0.3, 0.4) is 0 Å². The molecule has 1 aliphatic heterocycles. The molecule has 2 rings (SSSR count). The number of nitrogens with one attached hydrogen (secondary N) is 2. The van der Waals surface area contributed by atoms with Gasteiger partial charge in [-0.3, -0.25) is 0 Å². The minimum atomic E-state index is -0.368.